The Kier molecular flexibility index (Phi) is 6.43. The van der Waals surface area contributed by atoms with Gasteiger partial charge in [-0.05, 0) is 49.2 Å². The minimum atomic E-state index is -0.562. The zero-order valence-corrected chi connectivity index (χ0v) is 15.2. The van der Waals surface area contributed by atoms with Crippen molar-refractivity contribution in [2.24, 2.45) is 5.73 Å². The Morgan fingerprint density at radius 3 is 2.50 bits per heavy atom. The molecule has 138 valence electrons. The van der Waals surface area contributed by atoms with Gasteiger partial charge in [-0.1, -0.05) is 13.0 Å². The molecule has 0 radical (unpaired) electrons. The second-order valence-corrected chi connectivity index (χ2v) is 5.83. The molecule has 0 heterocycles. The van der Waals surface area contributed by atoms with Gasteiger partial charge in [-0.2, -0.15) is 0 Å². The molecule has 0 aromatic heterocycles. The van der Waals surface area contributed by atoms with E-state index < -0.39 is 11.9 Å². The van der Waals surface area contributed by atoms with E-state index in [2.05, 4.69) is 16.0 Å². The molecule has 2 aromatic rings. The summed E-state index contributed by atoms with van der Waals surface area (Å²) in [6.07, 6.45) is 0.916. The number of hydrogen-bond donors (Lipinski definition) is 4. The van der Waals surface area contributed by atoms with Gasteiger partial charge in [0.15, 0.2) is 0 Å². The van der Waals surface area contributed by atoms with Crippen LogP contribution in [-0.2, 0) is 0 Å². The monoisotopic (exact) mass is 356 g/mol. The molecule has 7 heteroatoms. The minimum absolute atomic E-state index is 0.324. The van der Waals surface area contributed by atoms with Crippen molar-refractivity contribution in [3.8, 4) is 5.75 Å². The first-order chi connectivity index (χ1) is 12.4. The Balaban J connectivity index is 2.15. The van der Waals surface area contributed by atoms with Gasteiger partial charge >= 0.3 is 6.03 Å². The smallest absolute Gasteiger partial charge is 0.323 e. The number of carbonyl (C=O) groups is 2. The lowest BCUT2D eigenvalue weighted by Gasteiger charge is -2.14. The highest BCUT2D eigenvalue weighted by Gasteiger charge is 2.12. The number of benzene rings is 2. The van der Waals surface area contributed by atoms with Crippen molar-refractivity contribution in [1.29, 1.82) is 0 Å². The second-order valence-electron chi connectivity index (χ2n) is 5.83. The van der Waals surface area contributed by atoms with Gasteiger partial charge in [0.2, 0.25) is 0 Å². The predicted octanol–water partition coefficient (Wildman–Crippen LogP) is 3.57. The van der Waals surface area contributed by atoms with Crippen molar-refractivity contribution in [1.82, 2.24) is 0 Å². The van der Waals surface area contributed by atoms with E-state index >= 15 is 0 Å². The number of anilines is 3. The van der Waals surface area contributed by atoms with Crippen LogP contribution >= 0.6 is 0 Å². The van der Waals surface area contributed by atoms with E-state index in [0.717, 1.165) is 18.5 Å². The second kappa shape index (κ2) is 8.75. The molecule has 2 aromatic carbocycles. The number of primary amides is 1. The molecule has 0 saturated carbocycles. The highest BCUT2D eigenvalue weighted by molar-refractivity contribution is 6.03. The van der Waals surface area contributed by atoms with Crippen molar-refractivity contribution in [3.05, 3.63) is 47.5 Å². The number of nitrogens with one attached hydrogen (secondary N) is 3. The number of ether oxygens (including phenoxy) is 1. The third-order valence-electron chi connectivity index (χ3n) is 3.71. The number of hydrogen-bond acceptors (Lipinski definition) is 4. The summed E-state index contributed by atoms with van der Waals surface area (Å²) in [6.45, 7) is 4.67. The summed E-state index contributed by atoms with van der Waals surface area (Å²) in [5.41, 5.74) is 8.42. The molecule has 26 heavy (non-hydrogen) atoms. The van der Waals surface area contributed by atoms with Crippen LogP contribution in [0.4, 0.5) is 21.9 Å². The van der Waals surface area contributed by atoms with Crippen molar-refractivity contribution in [2.45, 2.75) is 20.3 Å². The molecular weight excluding hydrogens is 332 g/mol. The molecule has 0 aliphatic carbocycles. The Bertz CT molecular complexity index is 805. The average Bonchev–Trinajstić information content (AvgIpc) is 2.60. The molecule has 0 saturated heterocycles. The lowest BCUT2D eigenvalue weighted by molar-refractivity contribution is 0.100. The largest absolute Gasteiger partial charge is 0.495 e. The van der Waals surface area contributed by atoms with Crippen LogP contribution in [0.15, 0.2) is 36.4 Å². The van der Waals surface area contributed by atoms with Crippen LogP contribution in [0.3, 0.4) is 0 Å². The maximum absolute atomic E-state index is 12.3. The lowest BCUT2D eigenvalue weighted by Crippen LogP contribution is -2.21. The average molecular weight is 356 g/mol. The number of amides is 3. The Hall–Kier alpha value is -3.22. The zero-order valence-electron chi connectivity index (χ0n) is 15.2. The summed E-state index contributed by atoms with van der Waals surface area (Å²) in [5.74, 6) is -0.00398. The van der Waals surface area contributed by atoms with E-state index in [0.29, 0.717) is 28.4 Å². The van der Waals surface area contributed by atoms with Crippen LogP contribution in [0, 0.1) is 6.92 Å². The third-order valence-corrected chi connectivity index (χ3v) is 3.71. The highest BCUT2D eigenvalue weighted by atomic mass is 16.5. The zero-order chi connectivity index (χ0) is 19.1. The molecule has 0 aliphatic heterocycles. The number of carbonyl (C=O) groups excluding carboxylic acids is 2. The quantitative estimate of drug-likeness (QED) is 0.608. The van der Waals surface area contributed by atoms with Crippen LogP contribution in [0.25, 0.3) is 0 Å². The summed E-state index contributed by atoms with van der Waals surface area (Å²) in [5, 5.41) is 8.58. The molecule has 0 atom stereocenters. The SMILES string of the molecule is CCCNc1ccc(NC(=O)Nc2cc(C)ccc2OC)cc1C(N)=O. The Morgan fingerprint density at radius 2 is 1.85 bits per heavy atom. The van der Waals surface area contributed by atoms with E-state index in [-0.39, 0.29) is 0 Å². The maximum Gasteiger partial charge on any atom is 0.323 e. The molecule has 2 rings (SSSR count). The van der Waals surface area contributed by atoms with Crippen molar-refractivity contribution in [2.75, 3.05) is 29.6 Å². The summed E-state index contributed by atoms with van der Waals surface area (Å²) in [4.78, 5) is 24.0. The predicted molar refractivity (Wildman–Crippen MR) is 104 cm³/mol. The first kappa shape index (κ1) is 19.1. The van der Waals surface area contributed by atoms with E-state index in [9.17, 15) is 9.59 Å². The number of methoxy groups -OCH3 is 1. The number of nitrogens with two attached hydrogens (primary N) is 1. The first-order valence-electron chi connectivity index (χ1n) is 8.35. The van der Waals surface area contributed by atoms with Gasteiger partial charge in [0.1, 0.15) is 5.75 Å². The fourth-order valence-electron chi connectivity index (χ4n) is 2.44. The fourth-order valence-corrected chi connectivity index (χ4v) is 2.44. The van der Waals surface area contributed by atoms with E-state index in [1.807, 2.05) is 26.0 Å². The van der Waals surface area contributed by atoms with E-state index in [1.165, 1.54) is 7.11 Å². The number of rotatable bonds is 7. The van der Waals surface area contributed by atoms with Gasteiger partial charge in [-0.25, -0.2) is 4.79 Å². The topological polar surface area (TPSA) is 105 Å². The molecule has 0 spiro atoms. The van der Waals surface area contributed by atoms with Gasteiger partial charge in [0, 0.05) is 17.9 Å². The van der Waals surface area contributed by atoms with Crippen LogP contribution < -0.4 is 26.4 Å². The third kappa shape index (κ3) is 4.89. The van der Waals surface area contributed by atoms with Gasteiger partial charge in [-0.3, -0.25) is 4.79 Å². The lowest BCUT2D eigenvalue weighted by atomic mass is 10.1. The molecular formula is C19H24N4O3. The minimum Gasteiger partial charge on any atom is -0.495 e. The van der Waals surface area contributed by atoms with E-state index in [4.69, 9.17) is 10.5 Å². The van der Waals surface area contributed by atoms with Crippen LogP contribution in [0.2, 0.25) is 0 Å². The van der Waals surface area contributed by atoms with Crippen molar-refractivity contribution < 1.29 is 14.3 Å². The highest BCUT2D eigenvalue weighted by Crippen LogP contribution is 2.26. The van der Waals surface area contributed by atoms with Gasteiger partial charge in [-0.15, -0.1) is 0 Å². The fraction of sp³-hybridized carbons (Fsp3) is 0.263. The van der Waals surface area contributed by atoms with Gasteiger partial charge in [0.05, 0.1) is 18.4 Å². The van der Waals surface area contributed by atoms with Crippen LogP contribution in [0.5, 0.6) is 5.75 Å². The van der Waals surface area contributed by atoms with Crippen molar-refractivity contribution in [3.63, 3.8) is 0 Å². The van der Waals surface area contributed by atoms with Crippen LogP contribution in [0.1, 0.15) is 29.3 Å². The number of urea groups is 1. The molecule has 0 unspecified atom stereocenters. The molecule has 0 aliphatic rings. The summed E-state index contributed by atoms with van der Waals surface area (Å²) >= 11 is 0. The molecule has 3 amide bonds. The first-order valence-corrected chi connectivity index (χ1v) is 8.35. The molecule has 0 fully saturated rings. The van der Waals surface area contributed by atoms with Crippen LogP contribution in [-0.4, -0.2) is 25.6 Å². The summed E-state index contributed by atoms with van der Waals surface area (Å²) in [7, 11) is 1.54. The maximum atomic E-state index is 12.3. The molecule has 0 bridgehead atoms. The van der Waals surface area contributed by atoms with E-state index in [1.54, 1.807) is 24.3 Å². The number of aryl methyl sites for hydroxylation is 1. The Morgan fingerprint density at radius 1 is 1.08 bits per heavy atom. The molecule has 7 nitrogen and oxygen atoms in total. The standard InChI is InChI=1S/C19H24N4O3/c1-4-9-21-15-7-6-13(11-14(15)18(20)24)22-19(25)23-16-10-12(2)5-8-17(16)26-3/h5-8,10-11,21H,4,9H2,1-3H3,(H2,20,24)(H2,22,23,25). The normalized spacial score (nSPS) is 10.1. The van der Waals surface area contributed by atoms with Crippen molar-refractivity contribution >= 4 is 29.0 Å². The van der Waals surface area contributed by atoms with Gasteiger partial charge in [0.25, 0.3) is 5.91 Å². The van der Waals surface area contributed by atoms with Gasteiger partial charge < -0.3 is 26.4 Å². The Labute approximate surface area is 152 Å². The summed E-state index contributed by atoms with van der Waals surface area (Å²) in [6, 6.07) is 10.0. The molecule has 5 N–H and O–H groups in total. The summed E-state index contributed by atoms with van der Waals surface area (Å²) < 4.78 is 5.24.